The average Bonchev–Trinajstić information content (AvgIpc) is 2.24. The second-order valence-electron chi connectivity index (χ2n) is 5.45. The highest BCUT2D eigenvalue weighted by molar-refractivity contribution is 6.30. The molecular weight excluding hydrogens is 248 g/mol. The number of carbonyl (C=O) groups excluding carboxylic acids is 1. The zero-order valence-corrected chi connectivity index (χ0v) is 12.1. The molecule has 0 saturated carbocycles. The van der Waals surface area contributed by atoms with Crippen LogP contribution in [0.2, 0.25) is 5.02 Å². The summed E-state index contributed by atoms with van der Waals surface area (Å²) in [5.74, 6) is 0.00307. The standard InChI is InChI=1S/C14H21ClN2O/c1-10(11-5-7-12(15)8-6-11)16-9-13(18)17-14(2,3)4/h5-8,10,16H,9H2,1-4H3,(H,17,18)/t10-/m1/s1. The first-order valence-electron chi connectivity index (χ1n) is 6.08. The van der Waals surface area contributed by atoms with Gasteiger partial charge in [-0.25, -0.2) is 0 Å². The Morgan fingerprint density at radius 3 is 2.33 bits per heavy atom. The maximum atomic E-state index is 11.7. The molecule has 100 valence electrons. The largest absolute Gasteiger partial charge is 0.350 e. The van der Waals surface area contributed by atoms with Crippen molar-refractivity contribution in [2.45, 2.75) is 39.3 Å². The lowest BCUT2D eigenvalue weighted by Crippen LogP contribution is -2.45. The van der Waals surface area contributed by atoms with Crippen molar-refractivity contribution in [2.75, 3.05) is 6.54 Å². The number of amides is 1. The minimum absolute atomic E-state index is 0.00307. The highest BCUT2D eigenvalue weighted by atomic mass is 35.5. The van der Waals surface area contributed by atoms with Crippen LogP contribution in [0.4, 0.5) is 0 Å². The van der Waals surface area contributed by atoms with Gasteiger partial charge < -0.3 is 10.6 Å². The fourth-order valence-electron chi connectivity index (χ4n) is 1.58. The number of nitrogens with one attached hydrogen (secondary N) is 2. The summed E-state index contributed by atoms with van der Waals surface area (Å²) in [5.41, 5.74) is 0.922. The molecule has 4 heteroatoms. The van der Waals surface area contributed by atoms with Crippen LogP contribution in [0.3, 0.4) is 0 Å². The molecular formula is C14H21ClN2O. The molecule has 0 aromatic heterocycles. The Kier molecular flexibility index (Phi) is 5.17. The van der Waals surface area contributed by atoms with Crippen LogP contribution in [0, 0.1) is 0 Å². The monoisotopic (exact) mass is 268 g/mol. The predicted molar refractivity (Wildman–Crippen MR) is 75.8 cm³/mol. The van der Waals surface area contributed by atoms with E-state index in [4.69, 9.17) is 11.6 Å². The Morgan fingerprint density at radius 1 is 1.28 bits per heavy atom. The second kappa shape index (κ2) is 6.21. The molecule has 0 aliphatic heterocycles. The topological polar surface area (TPSA) is 41.1 Å². The Hall–Kier alpha value is -1.06. The Bertz CT molecular complexity index is 395. The summed E-state index contributed by atoms with van der Waals surface area (Å²) < 4.78 is 0. The number of rotatable bonds is 4. The number of benzene rings is 1. The van der Waals surface area contributed by atoms with Gasteiger partial charge in [-0.15, -0.1) is 0 Å². The summed E-state index contributed by atoms with van der Waals surface area (Å²) in [6, 6.07) is 7.74. The van der Waals surface area contributed by atoms with Gasteiger partial charge in [0.2, 0.25) is 5.91 Å². The zero-order chi connectivity index (χ0) is 13.8. The molecule has 3 nitrogen and oxygen atoms in total. The fraction of sp³-hybridized carbons (Fsp3) is 0.500. The fourth-order valence-corrected chi connectivity index (χ4v) is 1.70. The van der Waals surface area contributed by atoms with E-state index < -0.39 is 0 Å². The van der Waals surface area contributed by atoms with Crippen LogP contribution in [0.25, 0.3) is 0 Å². The summed E-state index contributed by atoms with van der Waals surface area (Å²) >= 11 is 5.83. The van der Waals surface area contributed by atoms with Crippen molar-refractivity contribution in [3.8, 4) is 0 Å². The van der Waals surface area contributed by atoms with E-state index in [-0.39, 0.29) is 17.5 Å². The van der Waals surface area contributed by atoms with Crippen molar-refractivity contribution < 1.29 is 4.79 Å². The molecule has 1 aromatic carbocycles. The van der Waals surface area contributed by atoms with E-state index in [1.54, 1.807) is 0 Å². The van der Waals surface area contributed by atoms with Crippen LogP contribution in [-0.4, -0.2) is 18.0 Å². The molecule has 0 bridgehead atoms. The molecule has 1 atom stereocenters. The van der Waals surface area contributed by atoms with E-state index in [0.29, 0.717) is 6.54 Å². The molecule has 0 fully saturated rings. The molecule has 0 spiro atoms. The SMILES string of the molecule is C[C@@H](NCC(=O)NC(C)(C)C)c1ccc(Cl)cc1. The third-order valence-electron chi connectivity index (χ3n) is 2.45. The highest BCUT2D eigenvalue weighted by Gasteiger charge is 2.14. The van der Waals surface area contributed by atoms with Crippen molar-refractivity contribution in [2.24, 2.45) is 0 Å². The molecule has 0 aliphatic carbocycles. The molecule has 0 aliphatic rings. The number of hydrogen-bond donors (Lipinski definition) is 2. The van der Waals surface area contributed by atoms with Crippen molar-refractivity contribution >= 4 is 17.5 Å². The van der Waals surface area contributed by atoms with Gasteiger partial charge in [-0.2, -0.15) is 0 Å². The Labute approximate surface area is 114 Å². The first kappa shape index (κ1) is 15.0. The summed E-state index contributed by atoms with van der Waals surface area (Å²) in [5, 5.41) is 6.82. The van der Waals surface area contributed by atoms with E-state index in [9.17, 15) is 4.79 Å². The molecule has 1 amide bonds. The minimum atomic E-state index is -0.192. The maximum absolute atomic E-state index is 11.7. The summed E-state index contributed by atoms with van der Waals surface area (Å²) in [4.78, 5) is 11.7. The second-order valence-corrected chi connectivity index (χ2v) is 5.89. The van der Waals surface area contributed by atoms with Crippen LogP contribution in [0.1, 0.15) is 39.3 Å². The van der Waals surface area contributed by atoms with E-state index in [2.05, 4.69) is 10.6 Å². The summed E-state index contributed by atoms with van der Waals surface area (Å²) in [6.07, 6.45) is 0. The van der Waals surface area contributed by atoms with Crippen molar-refractivity contribution in [3.05, 3.63) is 34.9 Å². The minimum Gasteiger partial charge on any atom is -0.350 e. The molecule has 0 radical (unpaired) electrons. The van der Waals surface area contributed by atoms with Gasteiger partial charge in [0.15, 0.2) is 0 Å². The number of halogens is 1. The quantitative estimate of drug-likeness (QED) is 0.882. The van der Waals surface area contributed by atoms with Crippen LogP contribution in [0.15, 0.2) is 24.3 Å². The van der Waals surface area contributed by atoms with Crippen LogP contribution >= 0.6 is 11.6 Å². The third kappa shape index (κ3) is 5.52. The maximum Gasteiger partial charge on any atom is 0.234 e. The molecule has 0 heterocycles. The lowest BCUT2D eigenvalue weighted by molar-refractivity contribution is -0.121. The molecule has 0 unspecified atom stereocenters. The van der Waals surface area contributed by atoms with Gasteiger partial charge in [0.05, 0.1) is 6.54 Å². The van der Waals surface area contributed by atoms with E-state index >= 15 is 0 Å². The molecule has 0 saturated heterocycles. The highest BCUT2D eigenvalue weighted by Crippen LogP contribution is 2.15. The van der Waals surface area contributed by atoms with E-state index in [1.807, 2.05) is 52.0 Å². The number of carbonyl (C=O) groups is 1. The molecule has 18 heavy (non-hydrogen) atoms. The number of hydrogen-bond acceptors (Lipinski definition) is 2. The predicted octanol–water partition coefficient (Wildman–Crippen LogP) is 2.91. The molecule has 1 aromatic rings. The summed E-state index contributed by atoms with van der Waals surface area (Å²) in [7, 11) is 0. The normalized spacial score (nSPS) is 13.2. The van der Waals surface area contributed by atoms with Gasteiger partial charge in [-0.3, -0.25) is 4.79 Å². The van der Waals surface area contributed by atoms with E-state index in [0.717, 1.165) is 10.6 Å². The van der Waals surface area contributed by atoms with Crippen molar-refractivity contribution in [3.63, 3.8) is 0 Å². The van der Waals surface area contributed by atoms with Gasteiger partial charge in [-0.1, -0.05) is 23.7 Å². The van der Waals surface area contributed by atoms with Crippen molar-refractivity contribution in [1.29, 1.82) is 0 Å². The third-order valence-corrected chi connectivity index (χ3v) is 2.71. The lowest BCUT2D eigenvalue weighted by atomic mass is 10.1. The molecule has 2 N–H and O–H groups in total. The first-order chi connectivity index (χ1) is 8.28. The Morgan fingerprint density at radius 2 is 1.83 bits per heavy atom. The molecule has 1 rings (SSSR count). The van der Waals surface area contributed by atoms with Gasteiger partial charge in [0.25, 0.3) is 0 Å². The van der Waals surface area contributed by atoms with Crippen LogP contribution < -0.4 is 10.6 Å². The lowest BCUT2D eigenvalue weighted by Gasteiger charge is -2.21. The van der Waals surface area contributed by atoms with Gasteiger partial charge in [0, 0.05) is 16.6 Å². The van der Waals surface area contributed by atoms with Gasteiger partial charge in [0.1, 0.15) is 0 Å². The smallest absolute Gasteiger partial charge is 0.234 e. The first-order valence-corrected chi connectivity index (χ1v) is 6.45. The van der Waals surface area contributed by atoms with E-state index in [1.165, 1.54) is 0 Å². The van der Waals surface area contributed by atoms with Crippen LogP contribution in [0.5, 0.6) is 0 Å². The summed E-state index contributed by atoms with van der Waals surface area (Å²) in [6.45, 7) is 8.23. The Balaban J connectivity index is 2.44. The van der Waals surface area contributed by atoms with Gasteiger partial charge in [-0.05, 0) is 45.4 Å². The average molecular weight is 269 g/mol. The van der Waals surface area contributed by atoms with Crippen LogP contribution in [-0.2, 0) is 4.79 Å². The van der Waals surface area contributed by atoms with Gasteiger partial charge >= 0.3 is 0 Å². The zero-order valence-electron chi connectivity index (χ0n) is 11.4. The van der Waals surface area contributed by atoms with Crippen molar-refractivity contribution in [1.82, 2.24) is 10.6 Å².